The number of nitriles is 1. The molecule has 0 spiro atoms. The second kappa shape index (κ2) is 4.04. The van der Waals surface area contributed by atoms with Crippen molar-refractivity contribution in [3.05, 3.63) is 35.9 Å². The van der Waals surface area contributed by atoms with Gasteiger partial charge in [0, 0.05) is 0 Å². The molecule has 1 N–H and O–H groups in total. The van der Waals surface area contributed by atoms with Crippen LogP contribution >= 0.6 is 0 Å². The molecule has 0 aliphatic rings. The van der Waals surface area contributed by atoms with E-state index in [1.165, 1.54) is 0 Å². The molecular weight excluding hydrogens is 186 g/mol. The molecule has 0 heterocycles. The van der Waals surface area contributed by atoms with Crippen LogP contribution in [-0.2, 0) is 5.60 Å². The minimum Gasteiger partial charge on any atom is -0.384 e. The van der Waals surface area contributed by atoms with Crippen molar-refractivity contribution in [2.45, 2.75) is 32.8 Å². The standard InChI is InChI=1S/C13H17NO/c1-4-12(2,10-14)13(3,15)11-8-6-5-7-9-11/h5-9,15H,4H2,1-3H3. The lowest BCUT2D eigenvalue weighted by atomic mass is 9.70. The zero-order valence-electron chi connectivity index (χ0n) is 9.49. The molecule has 80 valence electrons. The third kappa shape index (κ3) is 1.88. The molecule has 1 rings (SSSR count). The topological polar surface area (TPSA) is 44.0 Å². The van der Waals surface area contributed by atoms with Crippen LogP contribution < -0.4 is 0 Å². The Morgan fingerprint density at radius 1 is 1.27 bits per heavy atom. The average molecular weight is 203 g/mol. The number of hydrogen-bond acceptors (Lipinski definition) is 2. The lowest BCUT2D eigenvalue weighted by Gasteiger charge is -2.37. The maximum Gasteiger partial charge on any atom is 0.105 e. The molecule has 2 atom stereocenters. The van der Waals surface area contributed by atoms with Gasteiger partial charge in [-0.3, -0.25) is 0 Å². The van der Waals surface area contributed by atoms with Gasteiger partial charge in [-0.2, -0.15) is 5.26 Å². The summed E-state index contributed by atoms with van der Waals surface area (Å²) in [6.07, 6.45) is 0.616. The summed E-state index contributed by atoms with van der Waals surface area (Å²) in [7, 11) is 0. The summed E-state index contributed by atoms with van der Waals surface area (Å²) in [5, 5.41) is 19.7. The Kier molecular flexibility index (Phi) is 3.16. The maximum absolute atomic E-state index is 10.5. The van der Waals surface area contributed by atoms with Crippen LogP contribution in [0.3, 0.4) is 0 Å². The second-order valence-corrected chi connectivity index (χ2v) is 4.24. The van der Waals surface area contributed by atoms with E-state index in [2.05, 4.69) is 6.07 Å². The van der Waals surface area contributed by atoms with Gasteiger partial charge in [0.1, 0.15) is 5.60 Å². The van der Waals surface area contributed by atoms with Gasteiger partial charge in [-0.15, -0.1) is 0 Å². The smallest absolute Gasteiger partial charge is 0.105 e. The quantitative estimate of drug-likeness (QED) is 0.821. The van der Waals surface area contributed by atoms with E-state index >= 15 is 0 Å². The number of rotatable bonds is 3. The Morgan fingerprint density at radius 3 is 2.20 bits per heavy atom. The zero-order valence-corrected chi connectivity index (χ0v) is 9.49. The van der Waals surface area contributed by atoms with Gasteiger partial charge in [0.05, 0.1) is 11.5 Å². The Morgan fingerprint density at radius 2 is 1.80 bits per heavy atom. The molecule has 0 saturated heterocycles. The first-order valence-electron chi connectivity index (χ1n) is 5.17. The number of benzene rings is 1. The van der Waals surface area contributed by atoms with Crippen molar-refractivity contribution in [3.63, 3.8) is 0 Å². The predicted molar refractivity (Wildman–Crippen MR) is 60.0 cm³/mol. The molecule has 2 unspecified atom stereocenters. The van der Waals surface area contributed by atoms with Gasteiger partial charge in [-0.25, -0.2) is 0 Å². The van der Waals surface area contributed by atoms with Crippen molar-refractivity contribution in [2.75, 3.05) is 0 Å². The van der Waals surface area contributed by atoms with Crippen LogP contribution in [0.1, 0.15) is 32.8 Å². The van der Waals surface area contributed by atoms with Gasteiger partial charge in [0.15, 0.2) is 0 Å². The molecule has 0 saturated carbocycles. The van der Waals surface area contributed by atoms with Gasteiger partial charge < -0.3 is 5.11 Å². The molecule has 1 aromatic rings. The van der Waals surface area contributed by atoms with Gasteiger partial charge in [0.2, 0.25) is 0 Å². The van der Waals surface area contributed by atoms with Crippen molar-refractivity contribution in [2.24, 2.45) is 5.41 Å². The molecule has 0 aliphatic carbocycles. The number of hydrogen-bond donors (Lipinski definition) is 1. The molecule has 0 aromatic heterocycles. The molecule has 15 heavy (non-hydrogen) atoms. The molecule has 0 bridgehead atoms. The fourth-order valence-electron chi connectivity index (χ4n) is 1.61. The Hall–Kier alpha value is -1.33. The van der Waals surface area contributed by atoms with Crippen molar-refractivity contribution in [1.82, 2.24) is 0 Å². The van der Waals surface area contributed by atoms with E-state index in [9.17, 15) is 10.4 Å². The normalized spacial score (nSPS) is 18.6. The fourth-order valence-corrected chi connectivity index (χ4v) is 1.61. The summed E-state index contributed by atoms with van der Waals surface area (Å²) in [5.74, 6) is 0. The maximum atomic E-state index is 10.5. The second-order valence-electron chi connectivity index (χ2n) is 4.24. The molecule has 0 aliphatic heterocycles. The van der Waals surface area contributed by atoms with Crippen molar-refractivity contribution in [3.8, 4) is 6.07 Å². The highest BCUT2D eigenvalue weighted by atomic mass is 16.3. The highest BCUT2D eigenvalue weighted by Gasteiger charge is 2.43. The summed E-state index contributed by atoms with van der Waals surface area (Å²) in [6, 6.07) is 11.6. The Labute approximate surface area is 91.2 Å². The van der Waals surface area contributed by atoms with Crippen LogP contribution in [0.2, 0.25) is 0 Å². The summed E-state index contributed by atoms with van der Waals surface area (Å²) in [4.78, 5) is 0. The first-order chi connectivity index (χ1) is 6.98. The average Bonchev–Trinajstić information content (AvgIpc) is 2.29. The number of nitrogens with zero attached hydrogens (tertiary/aromatic N) is 1. The zero-order chi connectivity index (χ0) is 11.5. The van der Waals surface area contributed by atoms with Crippen LogP contribution in [0.5, 0.6) is 0 Å². The third-order valence-electron chi connectivity index (χ3n) is 3.36. The van der Waals surface area contributed by atoms with Crippen molar-refractivity contribution in [1.29, 1.82) is 5.26 Å². The monoisotopic (exact) mass is 203 g/mol. The van der Waals surface area contributed by atoms with Crippen LogP contribution in [0, 0.1) is 16.7 Å². The summed E-state index contributed by atoms with van der Waals surface area (Å²) < 4.78 is 0. The number of aliphatic hydroxyl groups is 1. The van der Waals surface area contributed by atoms with Gasteiger partial charge in [-0.05, 0) is 25.8 Å². The van der Waals surface area contributed by atoms with E-state index in [1.807, 2.05) is 37.3 Å². The van der Waals surface area contributed by atoms with E-state index in [0.717, 1.165) is 5.56 Å². The van der Waals surface area contributed by atoms with E-state index in [-0.39, 0.29) is 0 Å². The molecule has 2 nitrogen and oxygen atoms in total. The van der Waals surface area contributed by atoms with Gasteiger partial charge in [-0.1, -0.05) is 37.3 Å². The highest BCUT2D eigenvalue weighted by Crippen LogP contribution is 2.41. The van der Waals surface area contributed by atoms with E-state index in [1.54, 1.807) is 13.8 Å². The van der Waals surface area contributed by atoms with Crippen molar-refractivity contribution >= 4 is 0 Å². The molecule has 0 amide bonds. The summed E-state index contributed by atoms with van der Waals surface area (Å²) >= 11 is 0. The minimum atomic E-state index is -1.11. The minimum absolute atomic E-state index is 0.616. The largest absolute Gasteiger partial charge is 0.384 e. The van der Waals surface area contributed by atoms with E-state index in [0.29, 0.717) is 6.42 Å². The summed E-state index contributed by atoms with van der Waals surface area (Å²) in [6.45, 7) is 5.41. The molecule has 0 fully saturated rings. The van der Waals surface area contributed by atoms with Crippen LogP contribution in [0.15, 0.2) is 30.3 Å². The van der Waals surface area contributed by atoms with Crippen LogP contribution in [0.25, 0.3) is 0 Å². The Balaban J connectivity index is 3.19. The predicted octanol–water partition coefficient (Wildman–Crippen LogP) is 2.83. The van der Waals surface area contributed by atoms with Crippen LogP contribution in [-0.4, -0.2) is 5.11 Å². The third-order valence-corrected chi connectivity index (χ3v) is 3.36. The van der Waals surface area contributed by atoms with E-state index < -0.39 is 11.0 Å². The first-order valence-corrected chi connectivity index (χ1v) is 5.17. The van der Waals surface area contributed by atoms with E-state index in [4.69, 9.17) is 0 Å². The van der Waals surface area contributed by atoms with Crippen LogP contribution in [0.4, 0.5) is 0 Å². The summed E-state index contributed by atoms with van der Waals surface area (Å²) in [5.41, 5.74) is -1.08. The molecule has 0 radical (unpaired) electrons. The highest BCUT2D eigenvalue weighted by molar-refractivity contribution is 5.27. The van der Waals surface area contributed by atoms with Gasteiger partial charge >= 0.3 is 0 Å². The fraction of sp³-hybridized carbons (Fsp3) is 0.462. The van der Waals surface area contributed by atoms with Gasteiger partial charge in [0.25, 0.3) is 0 Å². The Bertz CT molecular complexity index is 364. The first kappa shape index (κ1) is 11.7. The lowest BCUT2D eigenvalue weighted by Crippen LogP contribution is -2.39. The molecule has 1 aromatic carbocycles. The lowest BCUT2D eigenvalue weighted by molar-refractivity contribution is -0.0379. The van der Waals surface area contributed by atoms with Crippen molar-refractivity contribution < 1.29 is 5.11 Å². The molecular formula is C13H17NO. The molecule has 2 heteroatoms. The SMILES string of the molecule is CCC(C)(C#N)C(C)(O)c1ccccc1.